The second-order valence-electron chi connectivity index (χ2n) is 5.13. The molecule has 0 aromatic carbocycles. The van der Waals surface area contributed by atoms with Crippen molar-refractivity contribution in [2.75, 3.05) is 13.2 Å². The second kappa shape index (κ2) is 4.63. The van der Waals surface area contributed by atoms with E-state index in [0.29, 0.717) is 11.8 Å². The van der Waals surface area contributed by atoms with Gasteiger partial charge in [0.2, 0.25) is 0 Å². The smallest absolute Gasteiger partial charge is 0.0619 e. The molecule has 0 aromatic rings. The summed E-state index contributed by atoms with van der Waals surface area (Å²) in [5, 5.41) is 10.2. The summed E-state index contributed by atoms with van der Waals surface area (Å²) in [5.41, 5.74) is 0. The minimum Gasteiger partial charge on any atom is -0.392 e. The van der Waals surface area contributed by atoms with E-state index in [1.165, 1.54) is 25.7 Å². The maximum atomic E-state index is 10.2. The Morgan fingerprint density at radius 1 is 1.07 bits per heavy atom. The molecule has 1 aliphatic heterocycles. The molecule has 2 heteroatoms. The maximum absolute atomic E-state index is 10.2. The van der Waals surface area contributed by atoms with E-state index in [1.54, 1.807) is 0 Å². The molecular formula is C12H22O2. The quantitative estimate of drug-likeness (QED) is 0.737. The average Bonchev–Trinajstić information content (AvgIpc) is 2.71. The summed E-state index contributed by atoms with van der Waals surface area (Å²) in [6.07, 6.45) is 6.01. The Hall–Kier alpha value is -0.0800. The fourth-order valence-electron chi connectivity index (χ4n) is 2.83. The van der Waals surface area contributed by atoms with Gasteiger partial charge in [-0.1, -0.05) is 19.8 Å². The van der Waals surface area contributed by atoms with E-state index >= 15 is 0 Å². The lowest BCUT2D eigenvalue weighted by atomic mass is 9.77. The lowest BCUT2D eigenvalue weighted by molar-refractivity contribution is 0.0225. The van der Waals surface area contributed by atoms with Gasteiger partial charge in [0.15, 0.2) is 0 Å². The molecular weight excluding hydrogens is 176 g/mol. The Morgan fingerprint density at radius 2 is 1.79 bits per heavy atom. The molecule has 1 heterocycles. The Kier molecular flexibility index (Phi) is 3.45. The van der Waals surface area contributed by atoms with E-state index in [-0.39, 0.29) is 6.10 Å². The van der Waals surface area contributed by atoms with Gasteiger partial charge in [-0.2, -0.15) is 0 Å². The third kappa shape index (κ3) is 2.29. The molecule has 0 amide bonds. The molecule has 0 aromatic heterocycles. The Balaban J connectivity index is 1.82. The molecule has 0 bridgehead atoms. The van der Waals surface area contributed by atoms with Crippen LogP contribution in [0.5, 0.6) is 0 Å². The van der Waals surface area contributed by atoms with Crippen LogP contribution in [-0.4, -0.2) is 24.4 Å². The summed E-state index contributed by atoms with van der Waals surface area (Å²) in [6.45, 7) is 3.96. The summed E-state index contributed by atoms with van der Waals surface area (Å²) in [4.78, 5) is 0. The van der Waals surface area contributed by atoms with Crippen molar-refractivity contribution in [1.29, 1.82) is 0 Å². The zero-order valence-electron chi connectivity index (χ0n) is 9.11. The molecule has 2 nitrogen and oxygen atoms in total. The van der Waals surface area contributed by atoms with Crippen molar-refractivity contribution < 1.29 is 9.84 Å². The summed E-state index contributed by atoms with van der Waals surface area (Å²) in [6, 6.07) is 0. The Labute approximate surface area is 86.6 Å². The number of hydrogen-bond donors (Lipinski definition) is 1. The van der Waals surface area contributed by atoms with E-state index in [1.807, 2.05) is 0 Å². The number of ether oxygens (including phenoxy) is 1. The Morgan fingerprint density at radius 3 is 2.36 bits per heavy atom. The number of aliphatic hydroxyl groups is 1. The highest BCUT2D eigenvalue weighted by molar-refractivity contribution is 4.82. The molecule has 14 heavy (non-hydrogen) atoms. The lowest BCUT2D eigenvalue weighted by Crippen LogP contribution is -2.32. The number of hydrogen-bond acceptors (Lipinski definition) is 2. The van der Waals surface area contributed by atoms with Crippen molar-refractivity contribution in [2.24, 2.45) is 17.8 Å². The van der Waals surface area contributed by atoms with Crippen LogP contribution in [0, 0.1) is 17.8 Å². The average molecular weight is 198 g/mol. The van der Waals surface area contributed by atoms with Gasteiger partial charge in [0.25, 0.3) is 0 Å². The van der Waals surface area contributed by atoms with E-state index in [4.69, 9.17) is 4.74 Å². The van der Waals surface area contributed by atoms with Crippen LogP contribution >= 0.6 is 0 Å². The van der Waals surface area contributed by atoms with Gasteiger partial charge in [0.1, 0.15) is 0 Å². The van der Waals surface area contributed by atoms with Crippen molar-refractivity contribution in [3.05, 3.63) is 0 Å². The van der Waals surface area contributed by atoms with Gasteiger partial charge in [-0.15, -0.1) is 0 Å². The molecule has 1 N–H and O–H groups in total. The van der Waals surface area contributed by atoms with Crippen LogP contribution in [0.2, 0.25) is 0 Å². The highest BCUT2D eigenvalue weighted by Crippen LogP contribution is 2.34. The number of aliphatic hydroxyl groups excluding tert-OH is 1. The standard InChI is InChI=1S/C12H22O2/c1-9-2-4-10(5-3-9)12(13)11-6-7-14-8-11/h9-13H,2-8H2,1H3. The van der Waals surface area contributed by atoms with Gasteiger partial charge in [-0.3, -0.25) is 0 Å². The van der Waals surface area contributed by atoms with Crippen molar-refractivity contribution in [3.63, 3.8) is 0 Å². The Bertz CT molecular complexity index is 167. The molecule has 0 radical (unpaired) electrons. The summed E-state index contributed by atoms with van der Waals surface area (Å²) < 4.78 is 5.33. The second-order valence-corrected chi connectivity index (χ2v) is 5.13. The molecule has 2 unspecified atom stereocenters. The molecule has 2 rings (SSSR count). The van der Waals surface area contributed by atoms with Crippen molar-refractivity contribution in [1.82, 2.24) is 0 Å². The van der Waals surface area contributed by atoms with E-state index < -0.39 is 0 Å². The van der Waals surface area contributed by atoms with E-state index in [2.05, 4.69) is 6.92 Å². The van der Waals surface area contributed by atoms with Gasteiger partial charge in [-0.25, -0.2) is 0 Å². The maximum Gasteiger partial charge on any atom is 0.0619 e. The first-order valence-electron chi connectivity index (χ1n) is 6.03. The van der Waals surface area contributed by atoms with Crippen LogP contribution in [0.15, 0.2) is 0 Å². The minimum atomic E-state index is -0.0926. The van der Waals surface area contributed by atoms with Crippen LogP contribution < -0.4 is 0 Å². The number of rotatable bonds is 2. The minimum absolute atomic E-state index is 0.0926. The largest absolute Gasteiger partial charge is 0.392 e. The SMILES string of the molecule is CC1CCC(C(O)C2CCOC2)CC1. The lowest BCUT2D eigenvalue weighted by Gasteiger charge is -2.32. The topological polar surface area (TPSA) is 29.5 Å². The zero-order chi connectivity index (χ0) is 9.97. The summed E-state index contributed by atoms with van der Waals surface area (Å²) >= 11 is 0. The van der Waals surface area contributed by atoms with E-state index in [0.717, 1.165) is 25.6 Å². The highest BCUT2D eigenvalue weighted by Gasteiger charge is 2.32. The normalized spacial score (nSPS) is 41.1. The fraction of sp³-hybridized carbons (Fsp3) is 1.00. The zero-order valence-corrected chi connectivity index (χ0v) is 9.11. The van der Waals surface area contributed by atoms with Crippen LogP contribution in [0.25, 0.3) is 0 Å². The van der Waals surface area contributed by atoms with E-state index in [9.17, 15) is 5.11 Å². The summed E-state index contributed by atoms with van der Waals surface area (Å²) in [7, 11) is 0. The first kappa shape index (κ1) is 10.4. The molecule has 1 aliphatic carbocycles. The van der Waals surface area contributed by atoms with Gasteiger partial charge in [0.05, 0.1) is 12.7 Å². The van der Waals surface area contributed by atoms with Crippen LogP contribution in [0.1, 0.15) is 39.0 Å². The fourth-order valence-corrected chi connectivity index (χ4v) is 2.83. The molecule has 1 saturated heterocycles. The molecule has 2 atom stereocenters. The highest BCUT2D eigenvalue weighted by atomic mass is 16.5. The first-order valence-corrected chi connectivity index (χ1v) is 6.03. The molecule has 2 fully saturated rings. The third-order valence-electron chi connectivity index (χ3n) is 3.99. The van der Waals surface area contributed by atoms with Crippen molar-refractivity contribution in [2.45, 2.75) is 45.1 Å². The van der Waals surface area contributed by atoms with Gasteiger partial charge in [-0.05, 0) is 31.1 Å². The van der Waals surface area contributed by atoms with Crippen LogP contribution in [0.4, 0.5) is 0 Å². The third-order valence-corrected chi connectivity index (χ3v) is 3.99. The predicted octanol–water partition coefficient (Wildman–Crippen LogP) is 2.21. The molecule has 1 saturated carbocycles. The van der Waals surface area contributed by atoms with Crippen molar-refractivity contribution in [3.8, 4) is 0 Å². The van der Waals surface area contributed by atoms with Crippen LogP contribution in [-0.2, 0) is 4.74 Å². The summed E-state index contributed by atoms with van der Waals surface area (Å²) in [5.74, 6) is 1.85. The molecule has 82 valence electrons. The monoisotopic (exact) mass is 198 g/mol. The van der Waals surface area contributed by atoms with Crippen LogP contribution in [0.3, 0.4) is 0 Å². The molecule has 0 spiro atoms. The van der Waals surface area contributed by atoms with Gasteiger partial charge in [0, 0.05) is 12.5 Å². The van der Waals surface area contributed by atoms with Gasteiger partial charge >= 0.3 is 0 Å². The van der Waals surface area contributed by atoms with Crippen molar-refractivity contribution >= 4 is 0 Å². The predicted molar refractivity (Wildman–Crippen MR) is 56.1 cm³/mol. The first-order chi connectivity index (χ1) is 6.77. The molecule has 2 aliphatic rings. The van der Waals surface area contributed by atoms with Gasteiger partial charge < -0.3 is 9.84 Å².